The third-order valence-electron chi connectivity index (χ3n) is 4.32. The molecule has 0 aliphatic heterocycles. The second-order valence-electron chi connectivity index (χ2n) is 6.17. The van der Waals surface area contributed by atoms with Crippen LogP contribution in [0.3, 0.4) is 0 Å². The van der Waals surface area contributed by atoms with Crippen molar-refractivity contribution in [3.8, 4) is 0 Å². The molecule has 0 saturated heterocycles. The van der Waals surface area contributed by atoms with Gasteiger partial charge < -0.3 is 5.11 Å². The van der Waals surface area contributed by atoms with Crippen LogP contribution < -0.4 is 0 Å². The van der Waals surface area contributed by atoms with Gasteiger partial charge in [0.2, 0.25) is 0 Å². The van der Waals surface area contributed by atoms with Crippen molar-refractivity contribution >= 4 is 0 Å². The Balaban J connectivity index is 2.23. The molecule has 0 amide bonds. The normalized spacial score (nSPS) is 13.0. The Kier molecular flexibility index (Phi) is 9.40. The fourth-order valence-corrected chi connectivity index (χ4v) is 2.86. The maximum absolute atomic E-state index is 10.1. The summed E-state index contributed by atoms with van der Waals surface area (Å²) >= 11 is 0. The van der Waals surface area contributed by atoms with Crippen molar-refractivity contribution in [1.82, 2.24) is 9.78 Å². The van der Waals surface area contributed by atoms with Crippen molar-refractivity contribution in [3.63, 3.8) is 0 Å². The fraction of sp³-hybridized carbons (Fsp3) is 0.833. The second-order valence-corrected chi connectivity index (χ2v) is 6.17. The zero-order valence-electron chi connectivity index (χ0n) is 14.2. The van der Waals surface area contributed by atoms with Crippen LogP contribution in [0.4, 0.5) is 0 Å². The number of aromatic nitrogens is 2. The first kappa shape index (κ1) is 18.2. The maximum Gasteiger partial charge on any atom is 0.0650 e. The molecule has 1 rings (SSSR count). The van der Waals surface area contributed by atoms with Gasteiger partial charge in [-0.2, -0.15) is 5.10 Å². The van der Waals surface area contributed by atoms with Crippen LogP contribution in [0.2, 0.25) is 0 Å². The summed E-state index contributed by atoms with van der Waals surface area (Å²) < 4.78 is 2.06. The Morgan fingerprint density at radius 2 is 1.71 bits per heavy atom. The van der Waals surface area contributed by atoms with Crippen LogP contribution in [0.1, 0.15) is 90.3 Å². The molecule has 1 aromatic heterocycles. The van der Waals surface area contributed by atoms with E-state index < -0.39 is 0 Å². The van der Waals surface area contributed by atoms with Gasteiger partial charge in [0.1, 0.15) is 0 Å². The Labute approximate surface area is 130 Å². The van der Waals surface area contributed by atoms with Crippen LogP contribution in [0.25, 0.3) is 0 Å². The highest BCUT2D eigenvalue weighted by Crippen LogP contribution is 2.16. The predicted molar refractivity (Wildman–Crippen MR) is 89.5 cm³/mol. The van der Waals surface area contributed by atoms with Crippen LogP contribution in [0, 0.1) is 0 Å². The van der Waals surface area contributed by atoms with Gasteiger partial charge in [-0.15, -0.1) is 0 Å². The number of nitrogens with zero attached hydrogens (tertiary/aromatic N) is 2. The largest absolute Gasteiger partial charge is 0.393 e. The lowest BCUT2D eigenvalue weighted by molar-refractivity contribution is 0.159. The topological polar surface area (TPSA) is 38.0 Å². The summed E-state index contributed by atoms with van der Waals surface area (Å²) in [6, 6.07) is 2.55. The lowest BCUT2D eigenvalue weighted by atomic mass is 10.0. The van der Waals surface area contributed by atoms with E-state index in [0.29, 0.717) is 12.5 Å². The lowest BCUT2D eigenvalue weighted by Crippen LogP contribution is -2.12. The monoisotopic (exact) mass is 294 g/mol. The molecular formula is C18H34N2O. The molecule has 122 valence electrons. The highest BCUT2D eigenvalue weighted by atomic mass is 16.3. The summed E-state index contributed by atoms with van der Waals surface area (Å²) in [7, 11) is 0. The van der Waals surface area contributed by atoms with E-state index in [-0.39, 0.29) is 6.10 Å². The Morgan fingerprint density at radius 3 is 2.38 bits per heavy atom. The maximum atomic E-state index is 10.1. The summed E-state index contributed by atoms with van der Waals surface area (Å²) in [5.41, 5.74) is 1.03. The van der Waals surface area contributed by atoms with Crippen molar-refractivity contribution in [2.24, 2.45) is 0 Å². The van der Waals surface area contributed by atoms with Gasteiger partial charge in [0.05, 0.1) is 17.8 Å². The van der Waals surface area contributed by atoms with Gasteiger partial charge in [0, 0.05) is 12.6 Å². The van der Waals surface area contributed by atoms with Gasteiger partial charge in [-0.3, -0.25) is 4.68 Å². The smallest absolute Gasteiger partial charge is 0.0650 e. The molecule has 1 unspecified atom stereocenters. The van der Waals surface area contributed by atoms with E-state index >= 15 is 0 Å². The number of aliphatic hydroxyl groups is 1. The molecular weight excluding hydrogens is 260 g/mol. The fourth-order valence-electron chi connectivity index (χ4n) is 2.86. The van der Waals surface area contributed by atoms with E-state index in [9.17, 15) is 5.11 Å². The second kappa shape index (κ2) is 10.8. The highest BCUT2D eigenvalue weighted by Gasteiger charge is 2.11. The summed E-state index contributed by atoms with van der Waals surface area (Å²) in [5, 5.41) is 14.7. The van der Waals surface area contributed by atoms with Crippen LogP contribution >= 0.6 is 0 Å². The van der Waals surface area contributed by atoms with E-state index in [4.69, 9.17) is 0 Å². The Hall–Kier alpha value is -0.830. The standard InChI is InChI=1S/C18H34N2O/c1-4-7-8-9-10-11-12-18(21)15-16-13-14-20(19-16)17(5-2)6-3/h13-14,17-18,21H,4-12,15H2,1-3H3. The van der Waals surface area contributed by atoms with E-state index in [1.807, 2.05) is 0 Å². The highest BCUT2D eigenvalue weighted by molar-refractivity contribution is 5.01. The van der Waals surface area contributed by atoms with Crippen LogP contribution in [-0.4, -0.2) is 21.0 Å². The summed E-state index contributed by atoms with van der Waals surface area (Å²) in [4.78, 5) is 0. The van der Waals surface area contributed by atoms with Crippen LogP contribution in [0.5, 0.6) is 0 Å². The zero-order chi connectivity index (χ0) is 15.5. The van der Waals surface area contributed by atoms with Gasteiger partial charge in [0.25, 0.3) is 0 Å². The van der Waals surface area contributed by atoms with E-state index in [2.05, 4.69) is 42.8 Å². The van der Waals surface area contributed by atoms with Crippen molar-refractivity contribution in [2.75, 3.05) is 0 Å². The molecule has 1 heterocycles. The van der Waals surface area contributed by atoms with Crippen molar-refractivity contribution < 1.29 is 5.11 Å². The van der Waals surface area contributed by atoms with Gasteiger partial charge in [-0.1, -0.05) is 59.3 Å². The molecule has 0 aliphatic carbocycles. The van der Waals surface area contributed by atoms with E-state index in [0.717, 1.165) is 31.4 Å². The first-order valence-corrected chi connectivity index (χ1v) is 8.93. The van der Waals surface area contributed by atoms with E-state index in [1.165, 1.54) is 32.1 Å². The molecule has 0 saturated carbocycles. The van der Waals surface area contributed by atoms with Crippen molar-refractivity contribution in [2.45, 2.75) is 97.1 Å². The molecule has 1 atom stereocenters. The third-order valence-corrected chi connectivity index (χ3v) is 4.32. The van der Waals surface area contributed by atoms with Gasteiger partial charge >= 0.3 is 0 Å². The minimum atomic E-state index is -0.235. The average molecular weight is 294 g/mol. The molecule has 0 aromatic carbocycles. The molecule has 0 aliphatic rings. The molecule has 1 N–H and O–H groups in total. The zero-order valence-corrected chi connectivity index (χ0v) is 14.2. The van der Waals surface area contributed by atoms with E-state index in [1.54, 1.807) is 0 Å². The van der Waals surface area contributed by atoms with Crippen molar-refractivity contribution in [1.29, 1.82) is 0 Å². The number of hydrogen-bond acceptors (Lipinski definition) is 2. The molecule has 3 nitrogen and oxygen atoms in total. The quantitative estimate of drug-likeness (QED) is 0.557. The lowest BCUT2D eigenvalue weighted by Gasteiger charge is -2.13. The number of hydrogen-bond donors (Lipinski definition) is 1. The third kappa shape index (κ3) is 7.12. The summed E-state index contributed by atoms with van der Waals surface area (Å²) in [5.74, 6) is 0. The minimum Gasteiger partial charge on any atom is -0.393 e. The van der Waals surface area contributed by atoms with Gasteiger partial charge in [-0.25, -0.2) is 0 Å². The minimum absolute atomic E-state index is 0.235. The average Bonchev–Trinajstić information content (AvgIpc) is 2.92. The van der Waals surface area contributed by atoms with Gasteiger partial charge in [0.15, 0.2) is 0 Å². The Bertz CT molecular complexity index is 358. The number of unbranched alkanes of at least 4 members (excludes halogenated alkanes) is 5. The predicted octanol–water partition coefficient (Wildman–Crippen LogP) is 4.90. The first-order valence-electron chi connectivity index (χ1n) is 8.93. The molecule has 21 heavy (non-hydrogen) atoms. The van der Waals surface area contributed by atoms with Crippen LogP contribution in [-0.2, 0) is 6.42 Å². The molecule has 0 spiro atoms. The summed E-state index contributed by atoms with van der Waals surface area (Å²) in [6.45, 7) is 6.64. The Morgan fingerprint density at radius 1 is 1.05 bits per heavy atom. The molecule has 0 bridgehead atoms. The molecule has 0 radical (unpaired) electrons. The molecule has 0 fully saturated rings. The summed E-state index contributed by atoms with van der Waals surface area (Å²) in [6.07, 6.45) is 13.3. The SMILES string of the molecule is CCCCCCCCC(O)Cc1ccn(C(CC)CC)n1. The van der Waals surface area contributed by atoms with Gasteiger partial charge in [-0.05, 0) is 25.3 Å². The van der Waals surface area contributed by atoms with Crippen LogP contribution in [0.15, 0.2) is 12.3 Å². The number of rotatable bonds is 12. The number of aliphatic hydroxyl groups excluding tert-OH is 1. The first-order chi connectivity index (χ1) is 10.2. The van der Waals surface area contributed by atoms with Crippen molar-refractivity contribution in [3.05, 3.63) is 18.0 Å². The molecule has 3 heteroatoms. The molecule has 1 aromatic rings.